The van der Waals surface area contributed by atoms with Crippen LogP contribution in [0.2, 0.25) is 0 Å². The van der Waals surface area contributed by atoms with E-state index in [0.717, 1.165) is 39.3 Å². The molecule has 0 radical (unpaired) electrons. The minimum absolute atomic E-state index is 0.444. The van der Waals surface area contributed by atoms with Crippen molar-refractivity contribution in [3.8, 4) is 0 Å². The van der Waals surface area contributed by atoms with E-state index >= 15 is 0 Å². The van der Waals surface area contributed by atoms with Gasteiger partial charge < -0.3 is 14.8 Å². The van der Waals surface area contributed by atoms with E-state index in [-0.39, 0.29) is 0 Å². The lowest BCUT2D eigenvalue weighted by Gasteiger charge is -2.26. The molecule has 0 spiro atoms. The fraction of sp³-hybridized carbons (Fsp3) is 1.00. The molecule has 0 aromatic rings. The molecule has 0 saturated carbocycles. The number of ether oxygens (including phenoxy) is 2. The van der Waals surface area contributed by atoms with Gasteiger partial charge in [-0.05, 0) is 6.42 Å². The molecule has 0 atom stereocenters. The second-order valence-corrected chi connectivity index (χ2v) is 3.12. The van der Waals surface area contributed by atoms with E-state index in [1.165, 1.54) is 6.42 Å². The quantitative estimate of drug-likeness (QED) is 0.577. The Kier molecular flexibility index (Phi) is 5.32. The van der Waals surface area contributed by atoms with Crippen molar-refractivity contribution in [3.63, 3.8) is 0 Å². The van der Waals surface area contributed by atoms with Gasteiger partial charge in [0.05, 0.1) is 19.3 Å². The Hall–Kier alpha value is -0.120. The van der Waals surface area contributed by atoms with Gasteiger partial charge in [0.25, 0.3) is 0 Å². The summed E-state index contributed by atoms with van der Waals surface area (Å²) in [6.07, 6.45) is 2.80. The third kappa shape index (κ3) is 4.04. The number of hydrogen-bond acceptors (Lipinski definition) is 3. The molecule has 0 bridgehead atoms. The molecule has 1 heterocycles. The Morgan fingerprint density at radius 2 is 2.08 bits per heavy atom. The van der Waals surface area contributed by atoms with Gasteiger partial charge in [-0.25, -0.2) is 0 Å². The van der Waals surface area contributed by atoms with Crippen LogP contribution in [0.3, 0.4) is 0 Å². The predicted octanol–water partition coefficient (Wildman–Crippen LogP) is 0.791. The van der Waals surface area contributed by atoms with Crippen LogP contribution < -0.4 is 5.32 Å². The van der Waals surface area contributed by atoms with E-state index in [2.05, 4.69) is 12.2 Å². The maximum atomic E-state index is 5.47. The van der Waals surface area contributed by atoms with Crippen molar-refractivity contribution in [3.05, 3.63) is 0 Å². The zero-order valence-electron chi connectivity index (χ0n) is 7.84. The van der Waals surface area contributed by atoms with Crippen molar-refractivity contribution < 1.29 is 9.47 Å². The largest absolute Gasteiger partial charge is 0.379 e. The van der Waals surface area contributed by atoms with E-state index in [1.54, 1.807) is 0 Å². The highest BCUT2D eigenvalue weighted by Crippen LogP contribution is 1.97. The van der Waals surface area contributed by atoms with Crippen molar-refractivity contribution in [2.75, 3.05) is 32.9 Å². The fourth-order valence-corrected chi connectivity index (χ4v) is 1.00. The molecule has 3 nitrogen and oxygen atoms in total. The smallest absolute Gasteiger partial charge is 0.0824 e. The third-order valence-corrected chi connectivity index (χ3v) is 1.97. The van der Waals surface area contributed by atoms with Crippen molar-refractivity contribution in [2.45, 2.75) is 25.9 Å². The summed E-state index contributed by atoms with van der Waals surface area (Å²) in [5, 5.41) is 3.16. The molecule has 0 aromatic carbocycles. The first kappa shape index (κ1) is 9.96. The molecule has 3 heteroatoms. The molecule has 1 saturated heterocycles. The van der Waals surface area contributed by atoms with Crippen LogP contribution >= 0.6 is 0 Å². The number of rotatable bonds is 7. The molecule has 12 heavy (non-hydrogen) atoms. The predicted molar refractivity (Wildman–Crippen MR) is 48.3 cm³/mol. The Morgan fingerprint density at radius 1 is 1.25 bits per heavy atom. The van der Waals surface area contributed by atoms with E-state index in [4.69, 9.17) is 9.47 Å². The van der Waals surface area contributed by atoms with Crippen LogP contribution in [-0.2, 0) is 9.47 Å². The summed E-state index contributed by atoms with van der Waals surface area (Å²) < 4.78 is 10.8. The van der Waals surface area contributed by atoms with Crippen LogP contribution in [0.25, 0.3) is 0 Å². The van der Waals surface area contributed by atoms with Gasteiger partial charge in [0.15, 0.2) is 0 Å². The van der Waals surface area contributed by atoms with Crippen LogP contribution in [0, 0.1) is 0 Å². The van der Waals surface area contributed by atoms with E-state index in [9.17, 15) is 0 Å². The maximum Gasteiger partial charge on any atom is 0.0824 e. The Morgan fingerprint density at radius 3 is 2.67 bits per heavy atom. The highest BCUT2D eigenvalue weighted by Gasteiger charge is 2.15. The van der Waals surface area contributed by atoms with Gasteiger partial charge in [-0.15, -0.1) is 0 Å². The van der Waals surface area contributed by atoms with Gasteiger partial charge in [0.2, 0.25) is 0 Å². The lowest BCUT2D eigenvalue weighted by Crippen LogP contribution is -2.48. The van der Waals surface area contributed by atoms with E-state index in [1.807, 2.05) is 0 Å². The van der Waals surface area contributed by atoms with Crippen LogP contribution in [0.15, 0.2) is 0 Å². The molecule has 1 aliphatic heterocycles. The minimum Gasteiger partial charge on any atom is -0.379 e. The van der Waals surface area contributed by atoms with E-state index < -0.39 is 0 Å². The topological polar surface area (TPSA) is 30.5 Å². The van der Waals surface area contributed by atoms with Gasteiger partial charge in [-0.1, -0.05) is 13.3 Å². The number of nitrogens with one attached hydrogen (secondary N) is 1. The van der Waals surface area contributed by atoms with E-state index in [0.29, 0.717) is 6.10 Å². The highest BCUT2D eigenvalue weighted by atomic mass is 16.5. The second kappa shape index (κ2) is 6.40. The average Bonchev–Trinajstić information content (AvgIpc) is 2.00. The summed E-state index contributed by atoms with van der Waals surface area (Å²) in [5.41, 5.74) is 0. The zero-order chi connectivity index (χ0) is 8.65. The lowest BCUT2D eigenvalue weighted by molar-refractivity contribution is -0.0169. The second-order valence-electron chi connectivity index (χ2n) is 3.12. The lowest BCUT2D eigenvalue weighted by atomic mass is 10.2. The molecule has 1 aliphatic rings. The van der Waals surface area contributed by atoms with Crippen molar-refractivity contribution >= 4 is 0 Å². The standard InChI is InChI=1S/C9H19NO2/c1-2-3-4-11-5-6-12-9-7-10-8-9/h9-10H,2-8H2,1H3. The molecule has 1 N–H and O–H groups in total. The number of unbranched alkanes of at least 4 members (excludes halogenated alkanes) is 1. The highest BCUT2D eigenvalue weighted by molar-refractivity contribution is 4.74. The molecular weight excluding hydrogens is 154 g/mol. The molecule has 1 rings (SSSR count). The van der Waals surface area contributed by atoms with Crippen LogP contribution in [0.4, 0.5) is 0 Å². The first-order valence-electron chi connectivity index (χ1n) is 4.83. The van der Waals surface area contributed by atoms with Crippen molar-refractivity contribution in [2.24, 2.45) is 0 Å². The minimum atomic E-state index is 0.444. The van der Waals surface area contributed by atoms with Gasteiger partial charge in [0.1, 0.15) is 0 Å². The van der Waals surface area contributed by atoms with Gasteiger partial charge in [-0.2, -0.15) is 0 Å². The monoisotopic (exact) mass is 173 g/mol. The molecular formula is C9H19NO2. The van der Waals surface area contributed by atoms with Gasteiger partial charge >= 0.3 is 0 Å². The normalized spacial score (nSPS) is 17.8. The molecule has 0 aliphatic carbocycles. The summed E-state index contributed by atoms with van der Waals surface area (Å²) >= 11 is 0. The summed E-state index contributed by atoms with van der Waals surface area (Å²) in [5.74, 6) is 0. The number of hydrogen-bond donors (Lipinski definition) is 1. The SMILES string of the molecule is CCCCOCCOC1CNC1. The van der Waals surface area contributed by atoms with Gasteiger partial charge in [0, 0.05) is 19.7 Å². The summed E-state index contributed by atoms with van der Waals surface area (Å²) in [6, 6.07) is 0. The van der Waals surface area contributed by atoms with Crippen LogP contribution in [0.1, 0.15) is 19.8 Å². The molecule has 0 unspecified atom stereocenters. The first-order chi connectivity index (χ1) is 5.93. The molecule has 1 fully saturated rings. The summed E-state index contributed by atoms with van der Waals surface area (Å²) in [7, 11) is 0. The average molecular weight is 173 g/mol. The zero-order valence-corrected chi connectivity index (χ0v) is 7.84. The Bertz CT molecular complexity index is 105. The van der Waals surface area contributed by atoms with Gasteiger partial charge in [-0.3, -0.25) is 0 Å². The maximum absolute atomic E-state index is 5.47. The molecule has 72 valence electrons. The Balaban J connectivity index is 1.70. The summed E-state index contributed by atoms with van der Waals surface area (Å²) in [6.45, 7) is 6.55. The van der Waals surface area contributed by atoms with Crippen molar-refractivity contribution in [1.82, 2.24) is 5.32 Å². The first-order valence-corrected chi connectivity index (χ1v) is 4.83. The van der Waals surface area contributed by atoms with Crippen LogP contribution in [0.5, 0.6) is 0 Å². The van der Waals surface area contributed by atoms with Crippen LogP contribution in [-0.4, -0.2) is 39.0 Å². The summed E-state index contributed by atoms with van der Waals surface area (Å²) in [4.78, 5) is 0. The molecule has 0 amide bonds. The Labute approximate surface area is 74.4 Å². The third-order valence-electron chi connectivity index (χ3n) is 1.97. The van der Waals surface area contributed by atoms with Crippen molar-refractivity contribution in [1.29, 1.82) is 0 Å². The fourth-order valence-electron chi connectivity index (χ4n) is 1.00. The molecule has 0 aromatic heterocycles.